The first-order valence-electron chi connectivity index (χ1n) is 6.72. The molecule has 2 N–H and O–H groups in total. The van der Waals surface area contributed by atoms with Crippen LogP contribution in [-0.2, 0) is 0 Å². The third-order valence-electron chi connectivity index (χ3n) is 3.10. The Morgan fingerprint density at radius 3 is 2.38 bits per heavy atom. The maximum atomic E-state index is 12.3. The molecule has 0 saturated carbocycles. The Kier molecular flexibility index (Phi) is 8.14. The zero-order valence-electron chi connectivity index (χ0n) is 13.3. The fourth-order valence-electron chi connectivity index (χ4n) is 1.71. The van der Waals surface area contributed by atoms with E-state index in [4.69, 9.17) is 15.2 Å². The number of benzene rings is 1. The van der Waals surface area contributed by atoms with Crippen LogP contribution in [0.1, 0.15) is 31.1 Å². The summed E-state index contributed by atoms with van der Waals surface area (Å²) in [4.78, 5) is 13.9. The maximum Gasteiger partial charge on any atom is 0.254 e. The van der Waals surface area contributed by atoms with Crippen LogP contribution in [-0.4, -0.2) is 43.7 Å². The van der Waals surface area contributed by atoms with Gasteiger partial charge in [-0.25, -0.2) is 0 Å². The van der Waals surface area contributed by atoms with Gasteiger partial charge in [0.2, 0.25) is 0 Å². The van der Waals surface area contributed by atoms with Gasteiger partial charge in [-0.1, -0.05) is 0 Å². The fourth-order valence-corrected chi connectivity index (χ4v) is 1.71. The van der Waals surface area contributed by atoms with Gasteiger partial charge in [0.05, 0.1) is 13.2 Å². The molecular weight excluding hydrogens is 292 g/mol. The first kappa shape index (κ1) is 19.5. The van der Waals surface area contributed by atoms with Crippen LogP contribution >= 0.6 is 12.4 Å². The smallest absolute Gasteiger partial charge is 0.254 e. The molecule has 120 valence electrons. The Morgan fingerprint density at radius 2 is 1.90 bits per heavy atom. The number of carbonyl (C=O) groups excluding carboxylic acids is 1. The summed E-state index contributed by atoms with van der Waals surface area (Å²) in [6, 6.07) is 5.18. The zero-order valence-corrected chi connectivity index (χ0v) is 14.1. The largest absolute Gasteiger partial charge is 0.493 e. The van der Waals surface area contributed by atoms with Crippen LogP contribution in [0.25, 0.3) is 0 Å². The molecule has 21 heavy (non-hydrogen) atoms. The number of carbonyl (C=O) groups is 1. The molecule has 0 aliphatic carbocycles. The minimum atomic E-state index is -0.0858. The van der Waals surface area contributed by atoms with Crippen molar-refractivity contribution in [2.45, 2.75) is 32.9 Å². The molecule has 0 saturated heterocycles. The van der Waals surface area contributed by atoms with E-state index in [2.05, 4.69) is 0 Å². The predicted molar refractivity (Wildman–Crippen MR) is 86.6 cm³/mol. The van der Waals surface area contributed by atoms with Crippen molar-refractivity contribution < 1.29 is 14.3 Å². The monoisotopic (exact) mass is 316 g/mol. The summed E-state index contributed by atoms with van der Waals surface area (Å²) >= 11 is 0. The quantitative estimate of drug-likeness (QED) is 0.874. The molecule has 0 aliphatic rings. The van der Waals surface area contributed by atoms with E-state index >= 15 is 0 Å². The van der Waals surface area contributed by atoms with Gasteiger partial charge in [-0.2, -0.15) is 0 Å². The standard InChI is InChI=1S/C15H24N2O3.ClH/c1-10(2)20-13-7-6-12(8-14(13)19-5)15(18)17(4)11(3)9-16;/h6-8,10-11H,9,16H2,1-5H3;1H. The lowest BCUT2D eigenvalue weighted by Gasteiger charge is -2.24. The summed E-state index contributed by atoms with van der Waals surface area (Å²) in [5.41, 5.74) is 6.14. The van der Waals surface area contributed by atoms with Crippen LogP contribution in [0, 0.1) is 0 Å². The number of rotatable bonds is 6. The van der Waals surface area contributed by atoms with Crippen LogP contribution in [0.3, 0.4) is 0 Å². The minimum absolute atomic E-state index is 0. The molecule has 1 rings (SSSR count). The van der Waals surface area contributed by atoms with Crippen molar-refractivity contribution in [2.75, 3.05) is 20.7 Å². The molecule has 6 heteroatoms. The maximum absolute atomic E-state index is 12.3. The number of ether oxygens (including phenoxy) is 2. The second kappa shape index (κ2) is 8.74. The Morgan fingerprint density at radius 1 is 1.29 bits per heavy atom. The van der Waals surface area contributed by atoms with Crippen LogP contribution in [0.5, 0.6) is 11.5 Å². The summed E-state index contributed by atoms with van der Waals surface area (Å²) in [7, 11) is 3.30. The van der Waals surface area contributed by atoms with E-state index < -0.39 is 0 Å². The van der Waals surface area contributed by atoms with Crippen molar-refractivity contribution in [1.29, 1.82) is 0 Å². The molecule has 0 aliphatic heterocycles. The van der Waals surface area contributed by atoms with Crippen molar-refractivity contribution in [3.05, 3.63) is 23.8 Å². The van der Waals surface area contributed by atoms with Crippen LogP contribution in [0.2, 0.25) is 0 Å². The molecule has 0 fully saturated rings. The molecule has 0 radical (unpaired) electrons. The van der Waals surface area contributed by atoms with Gasteiger partial charge >= 0.3 is 0 Å². The average molecular weight is 317 g/mol. The third kappa shape index (κ3) is 5.10. The first-order valence-corrected chi connectivity index (χ1v) is 6.72. The number of nitrogens with two attached hydrogens (primary N) is 1. The number of amides is 1. The molecule has 0 heterocycles. The molecule has 0 spiro atoms. The van der Waals surface area contributed by atoms with Gasteiger partial charge in [0.15, 0.2) is 11.5 Å². The van der Waals surface area contributed by atoms with Crippen molar-refractivity contribution in [3.8, 4) is 11.5 Å². The van der Waals surface area contributed by atoms with Crippen LogP contribution in [0.15, 0.2) is 18.2 Å². The Hall–Kier alpha value is -1.46. The summed E-state index contributed by atoms with van der Waals surface area (Å²) in [5, 5.41) is 0. The number of nitrogens with zero attached hydrogens (tertiary/aromatic N) is 1. The second-order valence-electron chi connectivity index (χ2n) is 5.03. The normalized spacial score (nSPS) is 11.6. The van der Waals surface area contributed by atoms with Gasteiger partial charge in [0.25, 0.3) is 5.91 Å². The summed E-state index contributed by atoms with van der Waals surface area (Å²) in [6.07, 6.45) is 0.0467. The van der Waals surface area contributed by atoms with Gasteiger partial charge in [0, 0.05) is 25.2 Å². The number of hydrogen-bond donors (Lipinski definition) is 1. The lowest BCUT2D eigenvalue weighted by atomic mass is 10.1. The minimum Gasteiger partial charge on any atom is -0.493 e. The molecular formula is C15H25ClN2O3. The van der Waals surface area contributed by atoms with E-state index in [-0.39, 0.29) is 30.5 Å². The molecule has 0 bridgehead atoms. The van der Waals surface area contributed by atoms with Crippen molar-refractivity contribution >= 4 is 18.3 Å². The molecule has 1 unspecified atom stereocenters. The van der Waals surface area contributed by atoms with Crippen molar-refractivity contribution in [1.82, 2.24) is 4.90 Å². The Labute approximate surface area is 132 Å². The van der Waals surface area contributed by atoms with E-state index in [0.29, 0.717) is 23.6 Å². The highest BCUT2D eigenvalue weighted by Gasteiger charge is 2.18. The molecule has 1 aromatic rings. The summed E-state index contributed by atoms with van der Waals surface area (Å²) in [5.74, 6) is 1.10. The van der Waals surface area contributed by atoms with Crippen LogP contribution < -0.4 is 15.2 Å². The third-order valence-corrected chi connectivity index (χ3v) is 3.10. The van der Waals surface area contributed by atoms with Gasteiger partial charge in [-0.15, -0.1) is 12.4 Å². The Bertz CT molecular complexity index is 466. The van der Waals surface area contributed by atoms with E-state index in [1.807, 2.05) is 20.8 Å². The van der Waals surface area contributed by atoms with E-state index in [9.17, 15) is 4.79 Å². The number of halogens is 1. The summed E-state index contributed by atoms with van der Waals surface area (Å²) in [6.45, 7) is 6.21. The van der Waals surface area contributed by atoms with Crippen molar-refractivity contribution in [2.24, 2.45) is 5.73 Å². The van der Waals surface area contributed by atoms with E-state index in [1.165, 1.54) is 0 Å². The van der Waals surface area contributed by atoms with Gasteiger partial charge in [-0.3, -0.25) is 4.79 Å². The van der Waals surface area contributed by atoms with E-state index in [1.54, 1.807) is 37.3 Å². The first-order chi connectivity index (χ1) is 9.40. The highest BCUT2D eigenvalue weighted by molar-refractivity contribution is 5.95. The SMILES string of the molecule is COc1cc(C(=O)N(C)C(C)CN)ccc1OC(C)C.Cl. The number of hydrogen-bond acceptors (Lipinski definition) is 4. The van der Waals surface area contributed by atoms with Crippen LogP contribution in [0.4, 0.5) is 0 Å². The molecule has 1 atom stereocenters. The average Bonchev–Trinajstić information content (AvgIpc) is 2.44. The molecule has 1 amide bonds. The highest BCUT2D eigenvalue weighted by Crippen LogP contribution is 2.29. The van der Waals surface area contributed by atoms with E-state index in [0.717, 1.165) is 0 Å². The van der Waals surface area contributed by atoms with Gasteiger partial charge in [0.1, 0.15) is 0 Å². The van der Waals surface area contributed by atoms with Gasteiger partial charge in [-0.05, 0) is 39.0 Å². The molecule has 5 nitrogen and oxygen atoms in total. The summed E-state index contributed by atoms with van der Waals surface area (Å²) < 4.78 is 10.9. The fraction of sp³-hybridized carbons (Fsp3) is 0.533. The highest BCUT2D eigenvalue weighted by atomic mass is 35.5. The zero-order chi connectivity index (χ0) is 15.3. The molecule has 0 aromatic heterocycles. The van der Waals surface area contributed by atoms with Gasteiger partial charge < -0.3 is 20.1 Å². The lowest BCUT2D eigenvalue weighted by Crippen LogP contribution is -2.39. The topological polar surface area (TPSA) is 64.8 Å². The predicted octanol–water partition coefficient (Wildman–Crippen LogP) is 2.32. The second-order valence-corrected chi connectivity index (χ2v) is 5.03. The number of likely N-dealkylation sites (N-methyl/N-ethyl adjacent to an activating group) is 1. The Balaban J connectivity index is 0.00000400. The van der Waals surface area contributed by atoms with Crippen molar-refractivity contribution in [3.63, 3.8) is 0 Å². The number of methoxy groups -OCH3 is 1. The lowest BCUT2D eigenvalue weighted by molar-refractivity contribution is 0.0748. The molecule has 1 aromatic carbocycles.